The molecule has 34 heavy (non-hydrogen) atoms. The summed E-state index contributed by atoms with van der Waals surface area (Å²) in [6, 6.07) is 19.1. The Kier molecular flexibility index (Phi) is 5.20. The van der Waals surface area contributed by atoms with Crippen LogP contribution in [0, 0.1) is 0 Å². The summed E-state index contributed by atoms with van der Waals surface area (Å²) >= 11 is 6.75. The van der Waals surface area contributed by atoms with Crippen molar-refractivity contribution < 1.29 is 18.7 Å². The van der Waals surface area contributed by atoms with Crippen LogP contribution in [0.15, 0.2) is 82.4 Å². The number of hydrogen-bond donors (Lipinski definition) is 0. The average Bonchev–Trinajstić information content (AvgIpc) is 3.65. The van der Waals surface area contributed by atoms with Gasteiger partial charge in [-0.2, -0.15) is 5.10 Å². The third-order valence-electron chi connectivity index (χ3n) is 5.46. The minimum absolute atomic E-state index is 0.157. The van der Waals surface area contributed by atoms with Crippen molar-refractivity contribution in [3.8, 4) is 28.4 Å². The number of thiocarbonyl (C=S) groups is 1. The summed E-state index contributed by atoms with van der Waals surface area (Å²) in [5, 5.41) is 4.84. The zero-order valence-corrected chi connectivity index (χ0v) is 19.3. The molecule has 0 N–H and O–H groups in total. The molecule has 4 aromatic rings. The molecule has 0 aliphatic carbocycles. The molecule has 9 heteroatoms. The van der Waals surface area contributed by atoms with Crippen molar-refractivity contribution in [2.75, 3.05) is 6.79 Å². The fourth-order valence-corrected chi connectivity index (χ4v) is 5.06. The number of aromatic nitrogens is 2. The van der Waals surface area contributed by atoms with Gasteiger partial charge in [0.25, 0.3) is 5.91 Å². The lowest BCUT2D eigenvalue weighted by Gasteiger charge is -2.11. The third-order valence-corrected chi connectivity index (χ3v) is 6.84. The number of nitrogens with zero attached hydrogens (tertiary/aromatic N) is 3. The second-order valence-electron chi connectivity index (χ2n) is 7.63. The molecule has 2 aromatic heterocycles. The molecule has 168 valence electrons. The Morgan fingerprint density at radius 1 is 1.06 bits per heavy atom. The molecule has 0 bridgehead atoms. The summed E-state index contributed by atoms with van der Waals surface area (Å²) in [7, 11) is 0. The average molecular weight is 488 g/mol. The summed E-state index contributed by atoms with van der Waals surface area (Å²) in [4.78, 5) is 15.3. The highest BCUT2D eigenvalue weighted by molar-refractivity contribution is 8.26. The van der Waals surface area contributed by atoms with Crippen LogP contribution in [0.4, 0.5) is 0 Å². The fraction of sp³-hybridized carbons (Fsp3) is 0.0800. The maximum atomic E-state index is 13.2. The standard InChI is InChI=1S/C25H17N3O4S2/c29-24-22(34-25(33)27(24)14-19-7-4-10-30-19)12-17-13-28(18-5-2-1-3-6-18)26-23(17)16-8-9-20-21(11-16)32-15-31-20/h1-13H,14-15H2/b22-12-. The van der Waals surface area contributed by atoms with Gasteiger partial charge in [-0.3, -0.25) is 9.69 Å². The van der Waals surface area contributed by atoms with E-state index in [1.807, 2.05) is 66.9 Å². The van der Waals surface area contributed by atoms with Crippen LogP contribution in [0.5, 0.6) is 11.5 Å². The van der Waals surface area contributed by atoms with Crippen molar-refractivity contribution in [2.24, 2.45) is 0 Å². The van der Waals surface area contributed by atoms with Gasteiger partial charge < -0.3 is 13.9 Å². The van der Waals surface area contributed by atoms with Crippen LogP contribution in [0.2, 0.25) is 0 Å². The summed E-state index contributed by atoms with van der Waals surface area (Å²) in [5.41, 5.74) is 3.28. The van der Waals surface area contributed by atoms with Crippen LogP contribution in [0.25, 0.3) is 23.0 Å². The summed E-state index contributed by atoms with van der Waals surface area (Å²) < 4.78 is 18.7. The van der Waals surface area contributed by atoms with Gasteiger partial charge in [-0.25, -0.2) is 4.68 Å². The van der Waals surface area contributed by atoms with E-state index in [4.69, 9.17) is 31.2 Å². The highest BCUT2D eigenvalue weighted by Gasteiger charge is 2.33. The van der Waals surface area contributed by atoms with Crippen LogP contribution >= 0.6 is 24.0 Å². The first-order valence-corrected chi connectivity index (χ1v) is 11.7. The predicted molar refractivity (Wildman–Crippen MR) is 133 cm³/mol. The van der Waals surface area contributed by atoms with Crippen molar-refractivity contribution in [3.05, 3.63) is 89.4 Å². The highest BCUT2D eigenvalue weighted by Crippen LogP contribution is 2.39. The Labute approximate surface area is 204 Å². The first-order chi connectivity index (χ1) is 16.7. The number of thioether (sulfide) groups is 1. The summed E-state index contributed by atoms with van der Waals surface area (Å²) in [5.74, 6) is 1.89. The molecule has 4 heterocycles. The molecular weight excluding hydrogens is 470 g/mol. The predicted octanol–water partition coefficient (Wildman–Crippen LogP) is 5.26. The molecule has 2 aromatic carbocycles. The Morgan fingerprint density at radius 2 is 1.91 bits per heavy atom. The minimum atomic E-state index is -0.157. The number of amides is 1. The Balaban J connectivity index is 1.40. The molecule has 6 rings (SSSR count). The van der Waals surface area contributed by atoms with E-state index in [0.717, 1.165) is 22.5 Å². The molecule has 2 aliphatic heterocycles. The minimum Gasteiger partial charge on any atom is -0.467 e. The number of fused-ring (bicyclic) bond motifs is 1. The van der Waals surface area contributed by atoms with Crippen LogP contribution in [0.1, 0.15) is 11.3 Å². The second-order valence-corrected chi connectivity index (χ2v) is 9.30. The molecule has 7 nitrogen and oxygen atoms in total. The van der Waals surface area contributed by atoms with Crippen LogP contribution in [0.3, 0.4) is 0 Å². The van der Waals surface area contributed by atoms with Gasteiger partial charge in [0.05, 0.1) is 23.4 Å². The first-order valence-electron chi connectivity index (χ1n) is 10.5. The van der Waals surface area contributed by atoms with Gasteiger partial charge in [0.1, 0.15) is 15.8 Å². The maximum Gasteiger partial charge on any atom is 0.266 e. The van der Waals surface area contributed by atoms with Gasteiger partial charge in [-0.15, -0.1) is 0 Å². The second kappa shape index (κ2) is 8.51. The highest BCUT2D eigenvalue weighted by atomic mass is 32.2. The molecular formula is C25H17N3O4S2. The fourth-order valence-electron chi connectivity index (χ4n) is 3.81. The van der Waals surface area contributed by atoms with Crippen LogP contribution < -0.4 is 9.47 Å². The largest absolute Gasteiger partial charge is 0.467 e. The van der Waals surface area contributed by atoms with Crippen molar-refractivity contribution in [1.29, 1.82) is 0 Å². The Hall–Kier alpha value is -3.82. The molecule has 0 saturated carbocycles. The van der Waals surface area contributed by atoms with E-state index in [-0.39, 0.29) is 12.7 Å². The van der Waals surface area contributed by atoms with Gasteiger partial charge in [-0.05, 0) is 48.5 Å². The number of furan rings is 1. The SMILES string of the molecule is O=C1/C(=C/c2cn(-c3ccccc3)nc2-c2ccc3c(c2)OCO3)SC(=S)N1Cc1ccco1. The topological polar surface area (TPSA) is 69.7 Å². The lowest BCUT2D eigenvalue weighted by atomic mass is 10.1. The molecule has 2 aliphatic rings. The summed E-state index contributed by atoms with van der Waals surface area (Å²) in [6.45, 7) is 0.496. The van der Waals surface area contributed by atoms with E-state index in [9.17, 15) is 4.79 Å². The number of rotatable bonds is 5. The number of carbonyl (C=O) groups is 1. The third kappa shape index (κ3) is 3.78. The van der Waals surface area contributed by atoms with E-state index in [2.05, 4.69) is 0 Å². The maximum absolute atomic E-state index is 13.2. The number of para-hydroxylation sites is 1. The van der Waals surface area contributed by atoms with Gasteiger partial charge in [-0.1, -0.05) is 42.2 Å². The van der Waals surface area contributed by atoms with Crippen molar-refractivity contribution in [2.45, 2.75) is 6.54 Å². The van der Waals surface area contributed by atoms with Gasteiger partial charge in [0.15, 0.2) is 11.5 Å². The van der Waals surface area contributed by atoms with Crippen LogP contribution in [-0.2, 0) is 11.3 Å². The van der Waals surface area contributed by atoms with E-state index in [1.54, 1.807) is 21.9 Å². The summed E-state index contributed by atoms with van der Waals surface area (Å²) in [6.07, 6.45) is 5.33. The van der Waals surface area contributed by atoms with Gasteiger partial charge >= 0.3 is 0 Å². The van der Waals surface area contributed by atoms with E-state index in [1.165, 1.54) is 11.8 Å². The lowest BCUT2D eigenvalue weighted by molar-refractivity contribution is -0.122. The molecule has 0 radical (unpaired) electrons. The smallest absolute Gasteiger partial charge is 0.266 e. The van der Waals surface area contributed by atoms with Crippen molar-refractivity contribution >= 4 is 40.3 Å². The molecule has 0 atom stereocenters. The van der Waals surface area contributed by atoms with E-state index < -0.39 is 0 Å². The zero-order valence-electron chi connectivity index (χ0n) is 17.7. The molecule has 1 amide bonds. The monoisotopic (exact) mass is 487 g/mol. The molecule has 1 saturated heterocycles. The normalized spacial score (nSPS) is 16.1. The molecule has 0 spiro atoms. The van der Waals surface area contributed by atoms with E-state index >= 15 is 0 Å². The van der Waals surface area contributed by atoms with Gasteiger partial charge in [0, 0.05) is 17.3 Å². The van der Waals surface area contributed by atoms with E-state index in [0.29, 0.717) is 33.0 Å². The van der Waals surface area contributed by atoms with Crippen LogP contribution in [-0.4, -0.2) is 31.7 Å². The Morgan fingerprint density at radius 3 is 2.74 bits per heavy atom. The van der Waals surface area contributed by atoms with Gasteiger partial charge in [0.2, 0.25) is 6.79 Å². The number of benzene rings is 2. The molecule has 1 fully saturated rings. The molecule has 0 unspecified atom stereocenters. The zero-order chi connectivity index (χ0) is 23.1. The lowest BCUT2D eigenvalue weighted by Crippen LogP contribution is -2.27. The first kappa shape index (κ1) is 20.8. The quantitative estimate of drug-likeness (QED) is 0.281. The number of ether oxygens (including phenoxy) is 2. The van der Waals surface area contributed by atoms with Crippen molar-refractivity contribution in [3.63, 3.8) is 0 Å². The Bertz CT molecular complexity index is 1430. The number of carbonyl (C=O) groups excluding carboxylic acids is 1. The number of hydrogen-bond acceptors (Lipinski definition) is 7. The van der Waals surface area contributed by atoms with Crippen molar-refractivity contribution in [1.82, 2.24) is 14.7 Å².